The Kier molecular flexibility index (Phi) is 4.55. The Morgan fingerprint density at radius 3 is 2.60 bits per heavy atom. The van der Waals surface area contributed by atoms with Gasteiger partial charge in [0.1, 0.15) is 16.8 Å². The van der Waals surface area contributed by atoms with Crippen molar-refractivity contribution in [2.24, 2.45) is 5.92 Å². The minimum Gasteiger partial charge on any atom is -0.381 e. The first-order valence-electron chi connectivity index (χ1n) is 7.18. The lowest BCUT2D eigenvalue weighted by molar-refractivity contribution is 0.183. The minimum absolute atomic E-state index is 0.118. The van der Waals surface area contributed by atoms with Gasteiger partial charge in [-0.1, -0.05) is 32.4 Å². The molecule has 20 heavy (non-hydrogen) atoms. The third-order valence-electron chi connectivity index (χ3n) is 3.79. The van der Waals surface area contributed by atoms with E-state index in [1.807, 2.05) is 6.92 Å². The fourth-order valence-electron chi connectivity index (χ4n) is 2.25. The number of nitrogens with zero attached hydrogens (tertiary/aromatic N) is 2. The molecule has 2 unspecified atom stereocenters. The van der Waals surface area contributed by atoms with Crippen molar-refractivity contribution in [1.82, 2.24) is 9.97 Å². The molecule has 0 amide bonds. The molecule has 0 bridgehead atoms. The number of rotatable bonds is 3. The van der Waals surface area contributed by atoms with Gasteiger partial charge in [0.25, 0.3) is 0 Å². The average Bonchev–Trinajstić information content (AvgIpc) is 2.87. The van der Waals surface area contributed by atoms with E-state index in [-0.39, 0.29) is 5.41 Å². The van der Waals surface area contributed by atoms with Crippen LogP contribution in [0.1, 0.15) is 45.5 Å². The van der Waals surface area contributed by atoms with Crippen LogP contribution in [0.15, 0.2) is 0 Å². The van der Waals surface area contributed by atoms with Gasteiger partial charge in [-0.3, -0.25) is 0 Å². The topological polar surface area (TPSA) is 47.0 Å². The molecule has 112 valence electrons. The maximum atomic E-state index is 6.25. The standard InChI is InChI=1S/C15H24ClN3O/c1-9-12(16)18-14(15(3,4)5)19-13(9)17-10(2)11-6-7-20-8-11/h10-11H,6-8H2,1-5H3,(H,17,18,19). The van der Waals surface area contributed by atoms with Crippen molar-refractivity contribution in [1.29, 1.82) is 0 Å². The third kappa shape index (κ3) is 3.41. The molecule has 1 aliphatic heterocycles. The summed E-state index contributed by atoms with van der Waals surface area (Å²) >= 11 is 6.25. The van der Waals surface area contributed by atoms with Crippen LogP contribution in [0.3, 0.4) is 0 Å². The number of ether oxygens (including phenoxy) is 1. The number of halogens is 1. The van der Waals surface area contributed by atoms with Gasteiger partial charge < -0.3 is 10.1 Å². The molecule has 0 aromatic carbocycles. The molecule has 1 saturated heterocycles. The van der Waals surface area contributed by atoms with E-state index in [0.717, 1.165) is 36.8 Å². The van der Waals surface area contributed by atoms with E-state index in [4.69, 9.17) is 16.3 Å². The largest absolute Gasteiger partial charge is 0.381 e. The Hall–Kier alpha value is -0.870. The number of nitrogens with one attached hydrogen (secondary N) is 1. The molecule has 0 saturated carbocycles. The van der Waals surface area contributed by atoms with Gasteiger partial charge in [-0.15, -0.1) is 0 Å². The minimum atomic E-state index is -0.118. The van der Waals surface area contributed by atoms with Crippen molar-refractivity contribution in [3.8, 4) is 0 Å². The Balaban J connectivity index is 2.23. The van der Waals surface area contributed by atoms with Crippen molar-refractivity contribution in [3.05, 3.63) is 16.5 Å². The van der Waals surface area contributed by atoms with E-state index < -0.39 is 0 Å². The van der Waals surface area contributed by atoms with Crippen LogP contribution in [-0.2, 0) is 10.2 Å². The van der Waals surface area contributed by atoms with E-state index in [1.54, 1.807) is 0 Å². The molecular formula is C15H24ClN3O. The van der Waals surface area contributed by atoms with Crippen molar-refractivity contribution < 1.29 is 4.74 Å². The lowest BCUT2D eigenvalue weighted by Gasteiger charge is -2.23. The fourth-order valence-corrected chi connectivity index (χ4v) is 2.42. The summed E-state index contributed by atoms with van der Waals surface area (Å²) in [6.45, 7) is 12.1. The average molecular weight is 298 g/mol. The predicted octanol–water partition coefficient (Wildman–Crippen LogP) is 3.57. The van der Waals surface area contributed by atoms with Crippen molar-refractivity contribution >= 4 is 17.4 Å². The molecule has 0 radical (unpaired) electrons. The zero-order valence-corrected chi connectivity index (χ0v) is 13.7. The normalized spacial score (nSPS) is 21.0. The molecule has 1 fully saturated rings. The Bertz CT molecular complexity index is 479. The summed E-state index contributed by atoms with van der Waals surface area (Å²) in [6.07, 6.45) is 1.10. The van der Waals surface area contributed by atoms with Gasteiger partial charge in [0.15, 0.2) is 0 Å². The lowest BCUT2D eigenvalue weighted by Crippen LogP contribution is -2.28. The predicted molar refractivity (Wildman–Crippen MR) is 82.5 cm³/mol. The second-order valence-electron chi connectivity index (χ2n) is 6.62. The second kappa shape index (κ2) is 5.86. The van der Waals surface area contributed by atoms with Crippen molar-refractivity contribution in [3.63, 3.8) is 0 Å². The number of anilines is 1. The van der Waals surface area contributed by atoms with Gasteiger partial charge in [-0.2, -0.15) is 0 Å². The van der Waals surface area contributed by atoms with Gasteiger partial charge >= 0.3 is 0 Å². The highest BCUT2D eigenvalue weighted by Crippen LogP contribution is 2.28. The SMILES string of the molecule is Cc1c(Cl)nc(C(C)(C)C)nc1NC(C)C1CCOC1. The van der Waals surface area contributed by atoms with E-state index in [1.165, 1.54) is 0 Å². The van der Waals surface area contributed by atoms with Crippen LogP contribution in [-0.4, -0.2) is 29.2 Å². The summed E-state index contributed by atoms with van der Waals surface area (Å²) in [4.78, 5) is 9.07. The van der Waals surface area contributed by atoms with Crippen LogP contribution < -0.4 is 5.32 Å². The summed E-state index contributed by atoms with van der Waals surface area (Å²) < 4.78 is 5.45. The van der Waals surface area contributed by atoms with E-state index in [0.29, 0.717) is 17.1 Å². The highest BCUT2D eigenvalue weighted by Gasteiger charge is 2.25. The Morgan fingerprint density at radius 2 is 2.05 bits per heavy atom. The van der Waals surface area contributed by atoms with Crippen molar-refractivity contribution in [2.45, 2.75) is 52.5 Å². The lowest BCUT2D eigenvalue weighted by atomic mass is 9.95. The van der Waals surface area contributed by atoms with Gasteiger partial charge in [0.2, 0.25) is 0 Å². The smallest absolute Gasteiger partial charge is 0.137 e. The van der Waals surface area contributed by atoms with E-state index >= 15 is 0 Å². The molecule has 0 aliphatic carbocycles. The summed E-state index contributed by atoms with van der Waals surface area (Å²) in [5.41, 5.74) is 0.790. The van der Waals surface area contributed by atoms with Gasteiger partial charge in [-0.25, -0.2) is 9.97 Å². The molecule has 5 heteroatoms. The molecule has 1 aromatic rings. The van der Waals surface area contributed by atoms with Crippen LogP contribution in [0.25, 0.3) is 0 Å². The number of hydrogen-bond donors (Lipinski definition) is 1. The molecule has 2 heterocycles. The first kappa shape index (κ1) is 15.5. The first-order valence-corrected chi connectivity index (χ1v) is 7.55. The summed E-state index contributed by atoms with van der Waals surface area (Å²) in [7, 11) is 0. The molecule has 1 aromatic heterocycles. The molecule has 0 spiro atoms. The van der Waals surface area contributed by atoms with Crippen LogP contribution in [0.5, 0.6) is 0 Å². The first-order chi connectivity index (χ1) is 9.29. The van der Waals surface area contributed by atoms with Crippen molar-refractivity contribution in [2.75, 3.05) is 18.5 Å². The zero-order chi connectivity index (χ0) is 14.9. The highest BCUT2D eigenvalue weighted by atomic mass is 35.5. The Morgan fingerprint density at radius 1 is 1.35 bits per heavy atom. The van der Waals surface area contributed by atoms with E-state index in [9.17, 15) is 0 Å². The van der Waals surface area contributed by atoms with Crippen LogP contribution >= 0.6 is 11.6 Å². The maximum Gasteiger partial charge on any atom is 0.137 e. The van der Waals surface area contributed by atoms with Gasteiger partial charge in [-0.05, 0) is 20.3 Å². The number of aromatic nitrogens is 2. The summed E-state index contributed by atoms with van der Waals surface area (Å²) in [6, 6.07) is 0.315. The Labute approximate surface area is 126 Å². The molecule has 1 aliphatic rings. The van der Waals surface area contributed by atoms with E-state index in [2.05, 4.69) is 43.0 Å². The van der Waals surface area contributed by atoms with Gasteiger partial charge in [0.05, 0.1) is 6.61 Å². The van der Waals surface area contributed by atoms with Crippen LogP contribution in [0.4, 0.5) is 5.82 Å². The molecule has 1 N–H and O–H groups in total. The quantitative estimate of drug-likeness (QED) is 0.866. The third-order valence-corrected chi connectivity index (χ3v) is 4.16. The second-order valence-corrected chi connectivity index (χ2v) is 6.98. The molecular weight excluding hydrogens is 274 g/mol. The van der Waals surface area contributed by atoms with Gasteiger partial charge in [0, 0.05) is 29.5 Å². The molecule has 4 nitrogen and oxygen atoms in total. The monoisotopic (exact) mass is 297 g/mol. The number of hydrogen-bond acceptors (Lipinski definition) is 4. The maximum absolute atomic E-state index is 6.25. The van der Waals surface area contributed by atoms with Crippen LogP contribution in [0.2, 0.25) is 5.15 Å². The van der Waals surface area contributed by atoms with Crippen LogP contribution in [0, 0.1) is 12.8 Å². The summed E-state index contributed by atoms with van der Waals surface area (Å²) in [5.74, 6) is 2.14. The highest BCUT2D eigenvalue weighted by molar-refractivity contribution is 6.30. The fraction of sp³-hybridized carbons (Fsp3) is 0.733. The molecule has 2 atom stereocenters. The zero-order valence-electron chi connectivity index (χ0n) is 13.0. The summed E-state index contributed by atoms with van der Waals surface area (Å²) in [5, 5.41) is 4.02. The molecule has 2 rings (SSSR count).